The standard InChI is InChI=1S/C27H37ClN6O/c1-5-32(6-2)15-7-14-29-27(35)22-12-16-33(17-13-22)24-18-19(3)30-26-25(20(4)31-34(24)26)21-8-10-23(28)11-9-21/h8-11,18,22H,5-7,12-17H2,1-4H3,(H,29,35). The summed E-state index contributed by atoms with van der Waals surface area (Å²) >= 11 is 6.10. The largest absolute Gasteiger partial charge is 0.356 e. The molecule has 3 heterocycles. The van der Waals surface area contributed by atoms with Crippen molar-refractivity contribution in [3.05, 3.63) is 46.7 Å². The fourth-order valence-corrected chi connectivity index (χ4v) is 5.10. The highest BCUT2D eigenvalue weighted by Crippen LogP contribution is 2.32. The predicted octanol–water partition coefficient (Wildman–Crippen LogP) is 4.73. The molecule has 2 aromatic heterocycles. The Morgan fingerprint density at radius 2 is 1.83 bits per heavy atom. The van der Waals surface area contributed by atoms with E-state index in [-0.39, 0.29) is 11.8 Å². The van der Waals surface area contributed by atoms with Crippen LogP contribution in [-0.2, 0) is 4.79 Å². The zero-order chi connectivity index (χ0) is 24.9. The SMILES string of the molecule is CCN(CC)CCCNC(=O)C1CCN(c2cc(C)nc3c(-c4ccc(Cl)cc4)c(C)nn23)CC1. The number of carbonyl (C=O) groups excluding carboxylic acids is 1. The topological polar surface area (TPSA) is 65.8 Å². The predicted molar refractivity (Wildman–Crippen MR) is 143 cm³/mol. The van der Waals surface area contributed by atoms with Crippen LogP contribution in [0.4, 0.5) is 5.82 Å². The van der Waals surface area contributed by atoms with Gasteiger partial charge in [0, 0.05) is 47.9 Å². The van der Waals surface area contributed by atoms with Crippen LogP contribution in [0.2, 0.25) is 5.02 Å². The number of rotatable bonds is 9. The third-order valence-corrected chi connectivity index (χ3v) is 7.29. The highest BCUT2D eigenvalue weighted by Gasteiger charge is 2.27. The van der Waals surface area contributed by atoms with Gasteiger partial charge in [0.1, 0.15) is 5.82 Å². The second kappa shape index (κ2) is 11.4. The monoisotopic (exact) mass is 496 g/mol. The van der Waals surface area contributed by atoms with Gasteiger partial charge in [-0.3, -0.25) is 4.79 Å². The number of nitrogens with zero attached hydrogens (tertiary/aromatic N) is 5. The number of aromatic nitrogens is 3. The van der Waals surface area contributed by atoms with Crippen molar-refractivity contribution in [3.8, 4) is 11.1 Å². The molecule has 1 fully saturated rings. The van der Waals surface area contributed by atoms with E-state index >= 15 is 0 Å². The minimum Gasteiger partial charge on any atom is -0.356 e. The molecule has 8 heteroatoms. The molecule has 4 rings (SSSR count). The van der Waals surface area contributed by atoms with Gasteiger partial charge in [-0.15, -0.1) is 0 Å². The van der Waals surface area contributed by atoms with Gasteiger partial charge in [-0.1, -0.05) is 37.6 Å². The Labute approximate surface area is 213 Å². The number of nitrogens with one attached hydrogen (secondary N) is 1. The number of anilines is 1. The number of hydrogen-bond acceptors (Lipinski definition) is 5. The molecule has 0 radical (unpaired) electrons. The molecular weight excluding hydrogens is 460 g/mol. The van der Waals surface area contributed by atoms with Crippen LogP contribution in [0.1, 0.15) is 44.5 Å². The van der Waals surface area contributed by atoms with Gasteiger partial charge < -0.3 is 15.1 Å². The highest BCUT2D eigenvalue weighted by atomic mass is 35.5. The minimum absolute atomic E-state index is 0.0714. The van der Waals surface area contributed by atoms with E-state index in [1.54, 1.807) is 0 Å². The van der Waals surface area contributed by atoms with E-state index in [4.69, 9.17) is 21.7 Å². The summed E-state index contributed by atoms with van der Waals surface area (Å²) in [5, 5.41) is 8.73. The maximum Gasteiger partial charge on any atom is 0.223 e. The lowest BCUT2D eigenvalue weighted by atomic mass is 9.96. The lowest BCUT2D eigenvalue weighted by Gasteiger charge is -2.33. The third-order valence-electron chi connectivity index (χ3n) is 7.04. The number of piperidine rings is 1. The maximum absolute atomic E-state index is 12.7. The summed E-state index contributed by atoms with van der Waals surface area (Å²) in [5.41, 5.74) is 4.84. The van der Waals surface area contributed by atoms with Gasteiger partial charge in [-0.05, 0) is 70.4 Å². The number of hydrogen-bond donors (Lipinski definition) is 1. The molecule has 1 aliphatic rings. The fraction of sp³-hybridized carbons (Fsp3) is 0.519. The van der Waals surface area contributed by atoms with Gasteiger partial charge in [0.25, 0.3) is 0 Å². The molecule has 0 unspecified atom stereocenters. The molecule has 0 bridgehead atoms. The Kier molecular flexibility index (Phi) is 8.29. The summed E-state index contributed by atoms with van der Waals surface area (Å²) in [7, 11) is 0. The zero-order valence-electron chi connectivity index (χ0n) is 21.4. The fourth-order valence-electron chi connectivity index (χ4n) is 4.97. The molecule has 0 spiro atoms. The van der Waals surface area contributed by atoms with Crippen molar-refractivity contribution in [3.63, 3.8) is 0 Å². The average molecular weight is 497 g/mol. The van der Waals surface area contributed by atoms with Gasteiger partial charge in [0.2, 0.25) is 5.91 Å². The Morgan fingerprint density at radius 1 is 1.14 bits per heavy atom. The number of halogens is 1. The molecule has 0 aliphatic carbocycles. The Balaban J connectivity index is 1.43. The quantitative estimate of drug-likeness (QED) is 0.434. The molecule has 7 nitrogen and oxygen atoms in total. The van der Waals surface area contributed by atoms with E-state index < -0.39 is 0 Å². The van der Waals surface area contributed by atoms with Gasteiger partial charge in [0.15, 0.2) is 5.65 Å². The van der Waals surface area contributed by atoms with Crippen LogP contribution in [0, 0.1) is 19.8 Å². The number of fused-ring (bicyclic) bond motifs is 1. The molecule has 35 heavy (non-hydrogen) atoms. The summed E-state index contributed by atoms with van der Waals surface area (Å²) in [6.45, 7) is 13.9. The normalized spacial score (nSPS) is 14.7. The van der Waals surface area contributed by atoms with Crippen molar-refractivity contribution in [2.45, 2.75) is 47.0 Å². The van der Waals surface area contributed by atoms with Crippen molar-refractivity contribution >= 4 is 29.0 Å². The summed E-state index contributed by atoms with van der Waals surface area (Å²) < 4.78 is 1.96. The van der Waals surface area contributed by atoms with E-state index in [0.717, 1.165) is 92.5 Å². The van der Waals surface area contributed by atoms with Crippen LogP contribution in [0.25, 0.3) is 16.8 Å². The van der Waals surface area contributed by atoms with E-state index in [0.29, 0.717) is 5.02 Å². The Morgan fingerprint density at radius 3 is 2.49 bits per heavy atom. The molecule has 0 saturated carbocycles. The molecule has 1 aromatic carbocycles. The number of aryl methyl sites for hydroxylation is 2. The average Bonchev–Trinajstić information content (AvgIpc) is 3.19. The first-order chi connectivity index (χ1) is 16.9. The molecule has 188 valence electrons. The summed E-state index contributed by atoms with van der Waals surface area (Å²) in [4.78, 5) is 22.3. The smallest absolute Gasteiger partial charge is 0.223 e. The molecule has 1 aliphatic heterocycles. The number of carbonyl (C=O) groups is 1. The van der Waals surface area contributed by atoms with Gasteiger partial charge in [-0.2, -0.15) is 9.61 Å². The minimum atomic E-state index is 0.0714. The van der Waals surface area contributed by atoms with Crippen LogP contribution in [0.5, 0.6) is 0 Å². The molecule has 1 N–H and O–H groups in total. The second-order valence-electron chi connectivity index (χ2n) is 9.39. The molecular formula is C27H37ClN6O. The van der Waals surface area contributed by atoms with Crippen LogP contribution < -0.4 is 10.2 Å². The van der Waals surface area contributed by atoms with Gasteiger partial charge in [-0.25, -0.2) is 4.98 Å². The Bertz CT molecular complexity index is 1150. The third kappa shape index (κ3) is 5.78. The first-order valence-electron chi connectivity index (χ1n) is 12.8. The van der Waals surface area contributed by atoms with Crippen molar-refractivity contribution < 1.29 is 4.79 Å². The van der Waals surface area contributed by atoms with Crippen molar-refractivity contribution in [1.82, 2.24) is 24.8 Å². The van der Waals surface area contributed by atoms with E-state index in [9.17, 15) is 4.79 Å². The summed E-state index contributed by atoms with van der Waals surface area (Å²) in [5.74, 6) is 1.30. The number of amides is 1. The van der Waals surface area contributed by atoms with Crippen molar-refractivity contribution in [2.24, 2.45) is 5.92 Å². The first-order valence-corrected chi connectivity index (χ1v) is 13.2. The van der Waals surface area contributed by atoms with Gasteiger partial charge >= 0.3 is 0 Å². The summed E-state index contributed by atoms with van der Waals surface area (Å²) in [6.07, 6.45) is 2.68. The Hall–Kier alpha value is -2.64. The first kappa shape index (κ1) is 25.5. The number of benzene rings is 1. The van der Waals surface area contributed by atoms with E-state index in [1.807, 2.05) is 42.6 Å². The zero-order valence-corrected chi connectivity index (χ0v) is 22.1. The van der Waals surface area contributed by atoms with Crippen LogP contribution in [0.3, 0.4) is 0 Å². The second-order valence-corrected chi connectivity index (χ2v) is 9.83. The molecule has 0 atom stereocenters. The van der Waals surface area contributed by atoms with E-state index in [1.165, 1.54) is 0 Å². The lowest BCUT2D eigenvalue weighted by Crippen LogP contribution is -2.41. The van der Waals surface area contributed by atoms with Crippen LogP contribution >= 0.6 is 11.6 Å². The molecule has 3 aromatic rings. The van der Waals surface area contributed by atoms with Crippen molar-refractivity contribution in [2.75, 3.05) is 44.2 Å². The molecule has 1 saturated heterocycles. The van der Waals surface area contributed by atoms with Crippen LogP contribution in [-0.4, -0.2) is 64.7 Å². The summed E-state index contributed by atoms with van der Waals surface area (Å²) in [6, 6.07) is 9.93. The highest BCUT2D eigenvalue weighted by molar-refractivity contribution is 6.30. The van der Waals surface area contributed by atoms with Gasteiger partial charge in [0.05, 0.1) is 5.69 Å². The van der Waals surface area contributed by atoms with Crippen LogP contribution in [0.15, 0.2) is 30.3 Å². The molecule has 1 amide bonds. The van der Waals surface area contributed by atoms with Crippen molar-refractivity contribution in [1.29, 1.82) is 0 Å². The van der Waals surface area contributed by atoms with E-state index in [2.05, 4.69) is 35.0 Å². The lowest BCUT2D eigenvalue weighted by molar-refractivity contribution is -0.125. The maximum atomic E-state index is 12.7.